The number of aromatic hydroxyl groups is 1. The summed E-state index contributed by atoms with van der Waals surface area (Å²) in [5.41, 5.74) is 0.379. The van der Waals surface area contributed by atoms with Crippen molar-refractivity contribution in [1.29, 1.82) is 0 Å². The van der Waals surface area contributed by atoms with E-state index in [4.69, 9.17) is 14.2 Å². The van der Waals surface area contributed by atoms with Gasteiger partial charge in [0.25, 0.3) is 0 Å². The zero-order valence-corrected chi connectivity index (χ0v) is 10.1. The number of phenolic OH excluding ortho intramolecular Hbond substituents is 1. The number of rotatable bonds is 1. The lowest BCUT2D eigenvalue weighted by atomic mass is 9.94. The maximum atomic E-state index is 9.63. The Hall–Kier alpha value is -1.14. The van der Waals surface area contributed by atoms with Crippen LogP contribution in [0.3, 0.4) is 0 Å². The van der Waals surface area contributed by atoms with Crippen molar-refractivity contribution < 1.29 is 19.3 Å². The van der Waals surface area contributed by atoms with E-state index in [1.807, 2.05) is 19.1 Å². The average molecular weight is 249 g/mol. The second-order valence-electron chi connectivity index (χ2n) is 5.15. The van der Waals surface area contributed by atoms with Crippen molar-refractivity contribution in [3.63, 3.8) is 0 Å². The summed E-state index contributed by atoms with van der Waals surface area (Å²) in [4.78, 5) is 2.14. The van der Waals surface area contributed by atoms with Crippen molar-refractivity contribution in [2.75, 3.05) is 13.2 Å². The third kappa shape index (κ3) is 1.25. The summed E-state index contributed by atoms with van der Waals surface area (Å²) in [5, 5.41) is 9.63. The van der Waals surface area contributed by atoms with Gasteiger partial charge in [0.2, 0.25) is 0 Å². The zero-order chi connectivity index (χ0) is 12.3. The number of hydrogen-bond acceptors (Lipinski definition) is 5. The Kier molecular flexibility index (Phi) is 2.06. The second-order valence-corrected chi connectivity index (χ2v) is 5.15. The molecule has 0 amide bonds. The van der Waals surface area contributed by atoms with Crippen molar-refractivity contribution in [2.24, 2.45) is 0 Å². The van der Waals surface area contributed by atoms with Crippen LogP contribution in [0.1, 0.15) is 12.5 Å². The lowest BCUT2D eigenvalue weighted by Crippen LogP contribution is -2.39. The third-order valence-corrected chi connectivity index (χ3v) is 4.04. The molecule has 0 spiro atoms. The molecule has 1 N–H and O–H groups in total. The van der Waals surface area contributed by atoms with Gasteiger partial charge in [0.15, 0.2) is 0 Å². The van der Waals surface area contributed by atoms with Crippen molar-refractivity contribution in [3.8, 4) is 5.75 Å². The summed E-state index contributed by atoms with van der Waals surface area (Å²) in [7, 11) is 0. The summed E-state index contributed by atoms with van der Waals surface area (Å²) in [6.45, 7) is 3.17. The van der Waals surface area contributed by atoms with Gasteiger partial charge in [-0.15, -0.1) is 0 Å². The molecule has 1 unspecified atom stereocenters. The molecule has 5 nitrogen and oxygen atoms in total. The molecular weight excluding hydrogens is 234 g/mol. The van der Waals surface area contributed by atoms with E-state index in [0.717, 1.165) is 5.56 Å². The van der Waals surface area contributed by atoms with Crippen molar-refractivity contribution in [1.82, 2.24) is 4.90 Å². The number of nitrogens with zero attached hydrogens (tertiary/aromatic N) is 1. The molecule has 4 atom stereocenters. The molecule has 3 heterocycles. The minimum absolute atomic E-state index is 0.0131. The van der Waals surface area contributed by atoms with Gasteiger partial charge in [0.05, 0.1) is 13.2 Å². The van der Waals surface area contributed by atoms with Crippen LogP contribution in [0.5, 0.6) is 5.75 Å². The molecule has 1 aromatic carbocycles. The molecule has 0 aliphatic carbocycles. The van der Waals surface area contributed by atoms with Crippen LogP contribution in [0.15, 0.2) is 24.3 Å². The van der Waals surface area contributed by atoms with E-state index < -0.39 is 5.60 Å². The van der Waals surface area contributed by atoms with E-state index in [1.165, 1.54) is 0 Å². The first-order valence-electron chi connectivity index (χ1n) is 6.16. The molecule has 0 bridgehead atoms. The Bertz CT molecular complexity index is 494. The van der Waals surface area contributed by atoms with Gasteiger partial charge in [-0.25, -0.2) is 4.90 Å². The molecule has 3 fully saturated rings. The highest BCUT2D eigenvalue weighted by molar-refractivity contribution is 5.33. The fourth-order valence-corrected chi connectivity index (χ4v) is 3.15. The molecular formula is C13H15NO4. The van der Waals surface area contributed by atoms with Gasteiger partial charge in [0.1, 0.15) is 30.0 Å². The minimum atomic E-state index is -0.554. The first kappa shape index (κ1) is 10.8. The van der Waals surface area contributed by atoms with E-state index in [1.54, 1.807) is 12.1 Å². The zero-order valence-electron chi connectivity index (χ0n) is 10.1. The van der Waals surface area contributed by atoms with Gasteiger partial charge in [-0.2, -0.15) is 0 Å². The Labute approximate surface area is 105 Å². The summed E-state index contributed by atoms with van der Waals surface area (Å²) in [5.74, 6) is 0.246. The van der Waals surface area contributed by atoms with Gasteiger partial charge in [-0.1, -0.05) is 12.1 Å². The Morgan fingerprint density at radius 1 is 1.28 bits per heavy atom. The van der Waals surface area contributed by atoms with Crippen LogP contribution in [0, 0.1) is 0 Å². The number of hydrogen-bond donors (Lipinski definition) is 1. The Morgan fingerprint density at radius 2 is 2.11 bits per heavy atom. The van der Waals surface area contributed by atoms with Gasteiger partial charge in [-0.3, -0.25) is 0 Å². The molecule has 0 saturated carbocycles. The molecule has 3 aliphatic heterocycles. The van der Waals surface area contributed by atoms with Crippen LogP contribution in [0.4, 0.5) is 0 Å². The van der Waals surface area contributed by atoms with E-state index in [-0.39, 0.29) is 24.4 Å². The van der Waals surface area contributed by atoms with E-state index >= 15 is 0 Å². The van der Waals surface area contributed by atoms with Gasteiger partial charge < -0.3 is 19.3 Å². The van der Waals surface area contributed by atoms with Gasteiger partial charge in [-0.05, 0) is 24.6 Å². The molecule has 96 valence electrons. The minimum Gasteiger partial charge on any atom is -0.508 e. The smallest absolute Gasteiger partial charge is 0.148 e. The predicted molar refractivity (Wildman–Crippen MR) is 61.7 cm³/mol. The first-order valence-corrected chi connectivity index (χ1v) is 6.16. The molecule has 1 aromatic rings. The van der Waals surface area contributed by atoms with Crippen LogP contribution in [-0.2, 0) is 19.8 Å². The molecule has 0 radical (unpaired) electrons. The first-order chi connectivity index (χ1) is 8.68. The topological polar surface area (TPSA) is 51.2 Å². The van der Waals surface area contributed by atoms with E-state index in [9.17, 15) is 5.11 Å². The average Bonchev–Trinajstić information content (AvgIpc) is 2.98. The molecule has 4 rings (SSSR count). The van der Waals surface area contributed by atoms with E-state index in [0.29, 0.717) is 13.2 Å². The van der Waals surface area contributed by atoms with Crippen molar-refractivity contribution in [3.05, 3.63) is 29.8 Å². The van der Waals surface area contributed by atoms with Crippen LogP contribution < -0.4 is 0 Å². The SMILES string of the molecule is CC1(c2cccc(O)c2)O[C@H]2CO[C@H]3CO[C@@H]1N32. The lowest BCUT2D eigenvalue weighted by Gasteiger charge is -2.29. The van der Waals surface area contributed by atoms with Crippen LogP contribution in [0.25, 0.3) is 0 Å². The van der Waals surface area contributed by atoms with Crippen LogP contribution >= 0.6 is 0 Å². The number of ether oxygens (including phenoxy) is 3. The van der Waals surface area contributed by atoms with Crippen molar-refractivity contribution >= 4 is 0 Å². The molecule has 3 aliphatic rings. The van der Waals surface area contributed by atoms with Gasteiger partial charge in [0, 0.05) is 0 Å². The van der Waals surface area contributed by atoms with E-state index in [2.05, 4.69) is 4.90 Å². The fourth-order valence-electron chi connectivity index (χ4n) is 3.15. The molecule has 3 saturated heterocycles. The summed E-state index contributed by atoms with van der Waals surface area (Å²) in [6.07, 6.45) is -0.175. The largest absolute Gasteiger partial charge is 0.508 e. The monoisotopic (exact) mass is 249 g/mol. The quantitative estimate of drug-likeness (QED) is 0.804. The molecule has 0 aromatic heterocycles. The third-order valence-electron chi connectivity index (χ3n) is 4.04. The maximum Gasteiger partial charge on any atom is 0.148 e. The highest BCUT2D eigenvalue weighted by Gasteiger charge is 2.61. The summed E-state index contributed by atoms with van der Waals surface area (Å²) >= 11 is 0. The Balaban J connectivity index is 1.76. The summed E-state index contributed by atoms with van der Waals surface area (Å²) < 4.78 is 17.5. The maximum absolute atomic E-state index is 9.63. The van der Waals surface area contributed by atoms with Crippen molar-refractivity contribution in [2.45, 2.75) is 31.2 Å². The second kappa shape index (κ2) is 3.45. The molecule has 5 heteroatoms. The normalized spacial score (nSPS) is 42.4. The van der Waals surface area contributed by atoms with Crippen LogP contribution in [0.2, 0.25) is 0 Å². The number of phenols is 1. The summed E-state index contributed by atoms with van der Waals surface area (Å²) in [6, 6.07) is 7.18. The number of benzene rings is 1. The Morgan fingerprint density at radius 3 is 2.94 bits per heavy atom. The molecule has 18 heavy (non-hydrogen) atoms. The lowest BCUT2D eigenvalue weighted by molar-refractivity contribution is -0.0899. The predicted octanol–water partition coefficient (Wildman–Crippen LogP) is 0.978. The van der Waals surface area contributed by atoms with Crippen LogP contribution in [-0.4, -0.2) is 41.9 Å². The highest BCUT2D eigenvalue weighted by atomic mass is 16.7. The fraction of sp³-hybridized carbons (Fsp3) is 0.538. The standard InChI is InChI=1S/C13H15NO4/c1-13(8-3-2-4-9(15)5-8)12-14-10(6-17-12)16-7-11(14)18-13/h2-5,10-12,15H,6-7H2,1H3/t10-,11-,12-,13?/m0/s1. The highest BCUT2D eigenvalue weighted by Crippen LogP contribution is 2.48. The van der Waals surface area contributed by atoms with Gasteiger partial charge >= 0.3 is 0 Å².